The van der Waals surface area contributed by atoms with Gasteiger partial charge < -0.3 is 20.1 Å². The summed E-state index contributed by atoms with van der Waals surface area (Å²) in [6, 6.07) is 11.9. The van der Waals surface area contributed by atoms with E-state index < -0.39 is 0 Å². The quantitative estimate of drug-likeness (QED) is 0.564. The van der Waals surface area contributed by atoms with Gasteiger partial charge in [-0.3, -0.25) is 9.78 Å². The third kappa shape index (κ3) is 3.79. The number of aromatic nitrogens is 1. The summed E-state index contributed by atoms with van der Waals surface area (Å²) in [6.45, 7) is 1.98. The molecule has 1 aliphatic heterocycles. The fourth-order valence-corrected chi connectivity index (χ4v) is 4.72. The first kappa shape index (κ1) is 20.8. The zero-order chi connectivity index (χ0) is 22.2. The van der Waals surface area contributed by atoms with Crippen LogP contribution in [-0.2, 0) is 0 Å². The second-order valence-corrected chi connectivity index (χ2v) is 8.87. The van der Waals surface area contributed by atoms with Gasteiger partial charge in [0, 0.05) is 30.6 Å². The molecule has 3 aromatic rings. The number of benzene rings is 2. The van der Waals surface area contributed by atoms with Gasteiger partial charge in [0.05, 0.1) is 23.9 Å². The maximum atomic E-state index is 13.2. The number of hydrogen-bond acceptors (Lipinski definition) is 6. The number of piperidine rings is 1. The average molecular weight is 432 g/mol. The molecule has 166 valence electrons. The molecule has 2 N–H and O–H groups in total. The van der Waals surface area contributed by atoms with Crippen molar-refractivity contribution in [3.05, 3.63) is 48.2 Å². The number of nitrogens with zero attached hydrogens (tertiary/aromatic N) is 2. The monoisotopic (exact) mass is 431 g/mol. The molecule has 0 atom stereocenters. The standard InChI is InChI=1S/C26H29N3O3/c1-29(19-9-11-27-12-10-19)25-20-13-17(18-6-8-23(30)24(14-18)32-2)5-7-22(20)28-15-21(25)26(31)16-3-4-16/h5-8,13-16,19,27,30H,3-4,9-12H2,1-2H3. The molecule has 32 heavy (non-hydrogen) atoms. The Balaban J connectivity index is 1.66. The topological polar surface area (TPSA) is 74.7 Å². The minimum atomic E-state index is 0.113. The van der Waals surface area contributed by atoms with Crippen LogP contribution in [0.4, 0.5) is 5.69 Å². The molecule has 1 aliphatic carbocycles. The van der Waals surface area contributed by atoms with E-state index in [4.69, 9.17) is 4.74 Å². The first-order valence-electron chi connectivity index (χ1n) is 11.3. The predicted molar refractivity (Wildman–Crippen MR) is 127 cm³/mol. The highest BCUT2D eigenvalue weighted by Gasteiger charge is 2.34. The summed E-state index contributed by atoms with van der Waals surface area (Å²) < 4.78 is 5.30. The zero-order valence-corrected chi connectivity index (χ0v) is 18.6. The maximum Gasteiger partial charge on any atom is 0.169 e. The molecule has 2 heterocycles. The van der Waals surface area contributed by atoms with Crippen molar-refractivity contribution in [1.29, 1.82) is 0 Å². The third-order valence-electron chi connectivity index (χ3n) is 6.78. The lowest BCUT2D eigenvalue weighted by atomic mass is 9.96. The summed E-state index contributed by atoms with van der Waals surface area (Å²) >= 11 is 0. The van der Waals surface area contributed by atoms with Crippen molar-refractivity contribution in [3.8, 4) is 22.6 Å². The Kier molecular flexibility index (Phi) is 5.47. The number of ether oxygens (including phenoxy) is 1. The van der Waals surface area contributed by atoms with Gasteiger partial charge in [0.25, 0.3) is 0 Å². The average Bonchev–Trinajstić information content (AvgIpc) is 3.68. The smallest absolute Gasteiger partial charge is 0.169 e. The van der Waals surface area contributed by atoms with Gasteiger partial charge in [-0.05, 0) is 74.2 Å². The minimum absolute atomic E-state index is 0.113. The van der Waals surface area contributed by atoms with E-state index in [0.29, 0.717) is 11.8 Å². The van der Waals surface area contributed by atoms with E-state index >= 15 is 0 Å². The van der Waals surface area contributed by atoms with Gasteiger partial charge in [0.1, 0.15) is 0 Å². The van der Waals surface area contributed by atoms with Crippen molar-refractivity contribution in [2.75, 3.05) is 32.1 Å². The van der Waals surface area contributed by atoms with Crippen molar-refractivity contribution in [2.45, 2.75) is 31.7 Å². The van der Waals surface area contributed by atoms with E-state index in [-0.39, 0.29) is 17.5 Å². The van der Waals surface area contributed by atoms with Crippen LogP contribution < -0.4 is 15.0 Å². The molecule has 2 aromatic carbocycles. The molecule has 0 spiro atoms. The molecule has 2 aliphatic rings. The molecule has 1 aromatic heterocycles. The molecule has 5 rings (SSSR count). The van der Waals surface area contributed by atoms with Crippen molar-refractivity contribution < 1.29 is 14.6 Å². The lowest BCUT2D eigenvalue weighted by molar-refractivity contribution is 0.0968. The minimum Gasteiger partial charge on any atom is -0.504 e. The second kappa shape index (κ2) is 8.43. The first-order chi connectivity index (χ1) is 15.6. The number of methoxy groups -OCH3 is 1. The van der Waals surface area contributed by atoms with Crippen LogP contribution in [0.25, 0.3) is 22.0 Å². The van der Waals surface area contributed by atoms with Crippen LogP contribution in [0.3, 0.4) is 0 Å². The molecule has 0 bridgehead atoms. The number of nitrogens with one attached hydrogen (secondary N) is 1. The molecular formula is C26H29N3O3. The highest BCUT2D eigenvalue weighted by atomic mass is 16.5. The molecule has 0 unspecified atom stereocenters. The molecule has 6 heteroatoms. The summed E-state index contributed by atoms with van der Waals surface area (Å²) in [4.78, 5) is 20.2. The van der Waals surface area contributed by atoms with Gasteiger partial charge in [-0.15, -0.1) is 0 Å². The number of aromatic hydroxyl groups is 1. The Morgan fingerprint density at radius 1 is 1.09 bits per heavy atom. The van der Waals surface area contributed by atoms with Crippen LogP contribution >= 0.6 is 0 Å². The Morgan fingerprint density at radius 2 is 1.81 bits per heavy atom. The van der Waals surface area contributed by atoms with Gasteiger partial charge in [-0.2, -0.15) is 0 Å². The van der Waals surface area contributed by atoms with E-state index in [1.807, 2.05) is 24.3 Å². The number of anilines is 1. The number of hydrogen-bond donors (Lipinski definition) is 2. The van der Waals surface area contributed by atoms with Gasteiger partial charge in [0.2, 0.25) is 0 Å². The Bertz CT molecular complexity index is 1170. The number of phenolic OH excluding ortho intramolecular Hbond substituents is 1. The van der Waals surface area contributed by atoms with Crippen molar-refractivity contribution in [1.82, 2.24) is 10.3 Å². The number of pyridine rings is 1. The van der Waals surface area contributed by atoms with Crippen LogP contribution in [0.15, 0.2) is 42.6 Å². The third-order valence-corrected chi connectivity index (χ3v) is 6.78. The van der Waals surface area contributed by atoms with Crippen LogP contribution in [0.2, 0.25) is 0 Å². The fourth-order valence-electron chi connectivity index (χ4n) is 4.72. The van der Waals surface area contributed by atoms with Crippen molar-refractivity contribution in [3.63, 3.8) is 0 Å². The number of ketones is 1. The van der Waals surface area contributed by atoms with Gasteiger partial charge in [0.15, 0.2) is 17.3 Å². The van der Waals surface area contributed by atoms with E-state index in [1.54, 1.807) is 19.4 Å². The van der Waals surface area contributed by atoms with E-state index in [9.17, 15) is 9.90 Å². The molecule has 1 saturated carbocycles. The molecule has 2 fully saturated rings. The van der Waals surface area contributed by atoms with Crippen LogP contribution in [0.5, 0.6) is 11.5 Å². The Labute approximate surface area is 188 Å². The summed E-state index contributed by atoms with van der Waals surface area (Å²) in [5.74, 6) is 0.902. The van der Waals surface area contributed by atoms with Gasteiger partial charge in [-0.25, -0.2) is 0 Å². The lowest BCUT2D eigenvalue weighted by Gasteiger charge is -2.35. The Morgan fingerprint density at radius 3 is 2.53 bits per heavy atom. The second-order valence-electron chi connectivity index (χ2n) is 8.87. The molecule has 1 saturated heterocycles. The highest BCUT2D eigenvalue weighted by Crippen LogP contribution is 2.40. The highest BCUT2D eigenvalue weighted by molar-refractivity contribution is 6.10. The number of rotatable bonds is 6. The summed E-state index contributed by atoms with van der Waals surface area (Å²) in [5, 5.41) is 14.4. The zero-order valence-electron chi connectivity index (χ0n) is 18.6. The molecule has 0 radical (unpaired) electrons. The van der Waals surface area contributed by atoms with E-state index in [1.165, 1.54) is 0 Å². The van der Waals surface area contributed by atoms with Crippen molar-refractivity contribution in [2.24, 2.45) is 5.92 Å². The number of fused-ring (bicyclic) bond motifs is 1. The predicted octanol–water partition coefficient (Wildman–Crippen LogP) is 4.40. The molecular weight excluding hydrogens is 402 g/mol. The summed E-state index contributed by atoms with van der Waals surface area (Å²) in [6.07, 6.45) is 5.82. The number of carbonyl (C=O) groups is 1. The van der Waals surface area contributed by atoms with E-state index in [2.05, 4.69) is 28.3 Å². The van der Waals surface area contributed by atoms with Crippen LogP contribution in [-0.4, -0.2) is 49.2 Å². The number of phenols is 1. The maximum absolute atomic E-state index is 13.2. The lowest BCUT2D eigenvalue weighted by Crippen LogP contribution is -2.41. The molecule has 6 nitrogen and oxygen atoms in total. The van der Waals surface area contributed by atoms with Gasteiger partial charge >= 0.3 is 0 Å². The molecule has 0 amide bonds. The van der Waals surface area contributed by atoms with Crippen LogP contribution in [0.1, 0.15) is 36.0 Å². The number of carbonyl (C=O) groups excluding carboxylic acids is 1. The first-order valence-corrected chi connectivity index (χ1v) is 11.3. The Hall–Kier alpha value is -3.12. The largest absolute Gasteiger partial charge is 0.504 e. The summed E-state index contributed by atoms with van der Waals surface area (Å²) in [5.41, 5.74) is 4.54. The normalized spacial score (nSPS) is 16.8. The number of Topliss-reactive ketones (excluding diaryl/α,β-unsaturated/α-hetero) is 1. The SMILES string of the molecule is COc1cc(-c2ccc3ncc(C(=O)C4CC4)c(N(C)C4CCNCC4)c3c2)ccc1O. The van der Waals surface area contributed by atoms with Crippen molar-refractivity contribution >= 4 is 22.4 Å². The fraction of sp³-hybridized carbons (Fsp3) is 0.385. The summed E-state index contributed by atoms with van der Waals surface area (Å²) in [7, 11) is 3.66. The van der Waals surface area contributed by atoms with Gasteiger partial charge in [-0.1, -0.05) is 12.1 Å². The van der Waals surface area contributed by atoms with Crippen LogP contribution in [0, 0.1) is 5.92 Å². The van der Waals surface area contributed by atoms with E-state index in [0.717, 1.165) is 72.1 Å².